The lowest BCUT2D eigenvalue weighted by molar-refractivity contribution is -0.134. The first-order valence-corrected chi connectivity index (χ1v) is 7.06. The van der Waals surface area contributed by atoms with Gasteiger partial charge < -0.3 is 15.4 Å². The number of rotatable bonds is 7. The standard InChI is InChI=1S/C16H26N2O2/c1-12(2)9-14(10-17)16(19)18(3)11-13-7-5-6-8-15(13)20-4/h5-8,12,14H,9-11,17H2,1-4H3. The summed E-state index contributed by atoms with van der Waals surface area (Å²) in [4.78, 5) is 14.2. The summed E-state index contributed by atoms with van der Waals surface area (Å²) in [5.74, 6) is 1.27. The molecule has 0 fully saturated rings. The van der Waals surface area contributed by atoms with Crippen LogP contribution in [0.15, 0.2) is 24.3 Å². The summed E-state index contributed by atoms with van der Waals surface area (Å²) < 4.78 is 5.31. The second-order valence-corrected chi connectivity index (χ2v) is 5.57. The lowest BCUT2D eigenvalue weighted by Crippen LogP contribution is -2.37. The van der Waals surface area contributed by atoms with Crippen molar-refractivity contribution >= 4 is 5.91 Å². The largest absolute Gasteiger partial charge is 0.496 e. The first-order chi connectivity index (χ1) is 9.49. The van der Waals surface area contributed by atoms with E-state index in [-0.39, 0.29) is 11.8 Å². The van der Waals surface area contributed by atoms with Crippen molar-refractivity contribution in [3.63, 3.8) is 0 Å². The Balaban J connectivity index is 2.74. The van der Waals surface area contributed by atoms with Crippen molar-refractivity contribution in [2.45, 2.75) is 26.8 Å². The average molecular weight is 278 g/mol. The van der Waals surface area contributed by atoms with Crippen LogP contribution in [0.3, 0.4) is 0 Å². The van der Waals surface area contributed by atoms with E-state index >= 15 is 0 Å². The lowest BCUT2D eigenvalue weighted by Gasteiger charge is -2.24. The minimum atomic E-state index is -0.102. The number of ether oxygens (including phenoxy) is 1. The Bertz CT molecular complexity index is 432. The third kappa shape index (κ3) is 4.53. The first-order valence-electron chi connectivity index (χ1n) is 7.06. The molecule has 4 heteroatoms. The Kier molecular flexibility index (Phi) is 6.52. The van der Waals surface area contributed by atoms with Gasteiger partial charge in [-0.15, -0.1) is 0 Å². The molecule has 0 aromatic heterocycles. The zero-order chi connectivity index (χ0) is 15.1. The van der Waals surface area contributed by atoms with Crippen LogP contribution >= 0.6 is 0 Å². The number of hydrogen-bond donors (Lipinski definition) is 1. The highest BCUT2D eigenvalue weighted by Gasteiger charge is 2.22. The molecule has 1 amide bonds. The van der Waals surface area contributed by atoms with E-state index in [4.69, 9.17) is 10.5 Å². The van der Waals surface area contributed by atoms with Gasteiger partial charge in [0.25, 0.3) is 0 Å². The van der Waals surface area contributed by atoms with E-state index in [1.54, 1.807) is 12.0 Å². The Morgan fingerprint density at radius 2 is 2.00 bits per heavy atom. The molecule has 4 nitrogen and oxygen atoms in total. The Labute approximate surface area is 121 Å². The summed E-state index contributed by atoms with van der Waals surface area (Å²) in [6, 6.07) is 7.75. The number of para-hydroxylation sites is 1. The van der Waals surface area contributed by atoms with Crippen LogP contribution in [-0.2, 0) is 11.3 Å². The van der Waals surface area contributed by atoms with Gasteiger partial charge in [0.1, 0.15) is 5.75 Å². The zero-order valence-corrected chi connectivity index (χ0v) is 12.9. The highest BCUT2D eigenvalue weighted by molar-refractivity contribution is 5.78. The summed E-state index contributed by atoms with van der Waals surface area (Å²) in [6.45, 7) is 5.15. The monoisotopic (exact) mass is 278 g/mol. The maximum Gasteiger partial charge on any atom is 0.227 e. The van der Waals surface area contributed by atoms with E-state index in [1.807, 2.05) is 31.3 Å². The molecular weight excluding hydrogens is 252 g/mol. The number of benzene rings is 1. The predicted molar refractivity (Wildman–Crippen MR) is 81.5 cm³/mol. The van der Waals surface area contributed by atoms with Crippen LogP contribution in [0.5, 0.6) is 5.75 Å². The fraction of sp³-hybridized carbons (Fsp3) is 0.562. The van der Waals surface area contributed by atoms with Gasteiger partial charge in [-0.05, 0) is 18.4 Å². The van der Waals surface area contributed by atoms with E-state index in [9.17, 15) is 4.79 Å². The Hall–Kier alpha value is -1.55. The summed E-state index contributed by atoms with van der Waals surface area (Å²) in [6.07, 6.45) is 0.825. The molecule has 0 saturated carbocycles. The number of nitrogens with zero attached hydrogens (tertiary/aromatic N) is 1. The topological polar surface area (TPSA) is 55.6 Å². The fourth-order valence-corrected chi connectivity index (χ4v) is 2.35. The number of hydrogen-bond acceptors (Lipinski definition) is 3. The number of methoxy groups -OCH3 is 1. The quantitative estimate of drug-likeness (QED) is 0.832. The van der Waals surface area contributed by atoms with Crippen LogP contribution in [-0.4, -0.2) is 31.5 Å². The van der Waals surface area contributed by atoms with Crippen LogP contribution < -0.4 is 10.5 Å². The number of nitrogens with two attached hydrogens (primary N) is 1. The molecule has 1 unspecified atom stereocenters. The number of carbonyl (C=O) groups excluding carboxylic acids is 1. The van der Waals surface area contributed by atoms with Crippen LogP contribution in [0.4, 0.5) is 0 Å². The maximum atomic E-state index is 12.4. The van der Waals surface area contributed by atoms with Crippen molar-refractivity contribution in [3.8, 4) is 5.75 Å². The second-order valence-electron chi connectivity index (χ2n) is 5.57. The third-order valence-electron chi connectivity index (χ3n) is 3.37. The number of amides is 1. The minimum absolute atomic E-state index is 0.102. The molecule has 112 valence electrons. The molecule has 2 N–H and O–H groups in total. The van der Waals surface area contributed by atoms with E-state index in [2.05, 4.69) is 13.8 Å². The minimum Gasteiger partial charge on any atom is -0.496 e. The van der Waals surface area contributed by atoms with Crippen molar-refractivity contribution < 1.29 is 9.53 Å². The van der Waals surface area contributed by atoms with E-state index < -0.39 is 0 Å². The van der Waals surface area contributed by atoms with E-state index in [1.165, 1.54) is 0 Å². The highest BCUT2D eigenvalue weighted by atomic mass is 16.5. The molecule has 0 radical (unpaired) electrons. The van der Waals surface area contributed by atoms with Gasteiger partial charge in [-0.25, -0.2) is 0 Å². The summed E-state index contributed by atoms with van der Waals surface area (Å²) in [5, 5.41) is 0. The molecule has 20 heavy (non-hydrogen) atoms. The van der Waals surface area contributed by atoms with Crippen LogP contribution in [0.25, 0.3) is 0 Å². The van der Waals surface area contributed by atoms with Crippen LogP contribution in [0.1, 0.15) is 25.8 Å². The summed E-state index contributed by atoms with van der Waals surface area (Å²) in [7, 11) is 3.46. The molecular formula is C16H26N2O2. The number of carbonyl (C=O) groups is 1. The average Bonchev–Trinajstić information content (AvgIpc) is 2.44. The molecule has 0 aliphatic rings. The molecule has 0 saturated heterocycles. The van der Waals surface area contributed by atoms with Crippen molar-refractivity contribution in [2.75, 3.05) is 20.7 Å². The molecule has 0 aliphatic carbocycles. The molecule has 1 atom stereocenters. The molecule has 0 heterocycles. The van der Waals surface area contributed by atoms with E-state index in [0.717, 1.165) is 17.7 Å². The molecule has 0 bridgehead atoms. The molecule has 1 rings (SSSR count). The van der Waals surface area contributed by atoms with E-state index in [0.29, 0.717) is 19.0 Å². The van der Waals surface area contributed by atoms with Crippen molar-refractivity contribution in [2.24, 2.45) is 17.6 Å². The van der Waals surface area contributed by atoms with Gasteiger partial charge in [-0.3, -0.25) is 4.79 Å². The fourth-order valence-electron chi connectivity index (χ4n) is 2.35. The van der Waals surface area contributed by atoms with Crippen LogP contribution in [0.2, 0.25) is 0 Å². The van der Waals surface area contributed by atoms with Gasteiger partial charge in [-0.1, -0.05) is 32.0 Å². The highest BCUT2D eigenvalue weighted by Crippen LogP contribution is 2.20. The Morgan fingerprint density at radius 1 is 1.35 bits per heavy atom. The molecule has 0 aliphatic heterocycles. The normalized spacial score (nSPS) is 12.3. The van der Waals surface area contributed by atoms with Gasteiger partial charge in [0.05, 0.1) is 13.0 Å². The van der Waals surface area contributed by atoms with Crippen molar-refractivity contribution in [1.29, 1.82) is 0 Å². The smallest absolute Gasteiger partial charge is 0.227 e. The summed E-state index contributed by atoms with van der Waals surface area (Å²) >= 11 is 0. The lowest BCUT2D eigenvalue weighted by atomic mass is 9.96. The first kappa shape index (κ1) is 16.5. The van der Waals surface area contributed by atoms with Crippen LogP contribution in [0, 0.1) is 11.8 Å². The predicted octanol–water partition coefficient (Wildman–Crippen LogP) is 2.27. The zero-order valence-electron chi connectivity index (χ0n) is 12.9. The molecule has 1 aromatic rings. The van der Waals surface area contributed by atoms with Gasteiger partial charge in [-0.2, -0.15) is 0 Å². The van der Waals surface area contributed by atoms with Gasteiger partial charge in [0.2, 0.25) is 5.91 Å². The van der Waals surface area contributed by atoms with Gasteiger partial charge in [0, 0.05) is 25.7 Å². The van der Waals surface area contributed by atoms with Crippen molar-refractivity contribution in [3.05, 3.63) is 29.8 Å². The third-order valence-corrected chi connectivity index (χ3v) is 3.37. The SMILES string of the molecule is COc1ccccc1CN(C)C(=O)C(CN)CC(C)C. The van der Waals surface area contributed by atoms with Gasteiger partial charge in [0.15, 0.2) is 0 Å². The Morgan fingerprint density at radius 3 is 2.55 bits per heavy atom. The van der Waals surface area contributed by atoms with Gasteiger partial charge >= 0.3 is 0 Å². The molecule has 1 aromatic carbocycles. The molecule has 0 spiro atoms. The van der Waals surface area contributed by atoms with Crippen molar-refractivity contribution in [1.82, 2.24) is 4.90 Å². The second kappa shape index (κ2) is 7.90. The summed E-state index contributed by atoms with van der Waals surface area (Å²) in [5.41, 5.74) is 6.74. The maximum absolute atomic E-state index is 12.4.